The van der Waals surface area contributed by atoms with E-state index in [2.05, 4.69) is 0 Å². The summed E-state index contributed by atoms with van der Waals surface area (Å²) in [5.74, 6) is -0.355. The Morgan fingerprint density at radius 3 is 2.64 bits per heavy atom. The third kappa shape index (κ3) is 1.84. The van der Waals surface area contributed by atoms with Gasteiger partial charge in [0.25, 0.3) is 0 Å². The monoisotopic (exact) mass is 313 g/mol. The summed E-state index contributed by atoms with van der Waals surface area (Å²) in [6, 6.07) is 11.1. The number of carbonyl (C=O) groups is 1. The maximum atomic E-state index is 12.3. The van der Waals surface area contributed by atoms with Crippen molar-refractivity contribution in [3.8, 4) is 0 Å². The molecule has 0 fully saturated rings. The molecule has 0 saturated heterocycles. The minimum atomic E-state index is -0.422. The molecular formula is C17H12ClNO3. The number of nitrogens with zero attached hydrogens (tertiary/aromatic N) is 1. The minimum absolute atomic E-state index is 0.00540. The minimum Gasteiger partial charge on any atom is -0.408 e. The Morgan fingerprint density at radius 2 is 1.91 bits per heavy atom. The number of hydrogen-bond acceptors (Lipinski definition) is 3. The maximum absolute atomic E-state index is 12.3. The number of Topliss-reactive ketones (excluding diaryl/α,β-unsaturated/α-hetero) is 1. The number of aryl methyl sites for hydroxylation is 1. The summed E-state index contributed by atoms with van der Waals surface area (Å²) in [5, 5.41) is 0.668. The Kier molecular flexibility index (Phi) is 2.78. The normalized spacial score (nSPS) is 17.2. The van der Waals surface area contributed by atoms with Crippen LogP contribution < -0.4 is 5.76 Å². The topological polar surface area (TPSA) is 52.2 Å². The molecule has 1 aliphatic carbocycles. The number of halogens is 1. The van der Waals surface area contributed by atoms with Gasteiger partial charge in [-0.1, -0.05) is 23.7 Å². The molecule has 4 rings (SSSR count). The van der Waals surface area contributed by atoms with Gasteiger partial charge in [0.2, 0.25) is 0 Å². The highest BCUT2D eigenvalue weighted by Crippen LogP contribution is 2.40. The number of oxazole rings is 1. The molecule has 0 amide bonds. The Hall–Kier alpha value is -2.33. The Morgan fingerprint density at radius 1 is 1.18 bits per heavy atom. The van der Waals surface area contributed by atoms with Crippen LogP contribution in [0.2, 0.25) is 5.02 Å². The Labute approximate surface area is 130 Å². The fourth-order valence-corrected chi connectivity index (χ4v) is 3.24. The summed E-state index contributed by atoms with van der Waals surface area (Å²) in [6.45, 7) is 0. The van der Waals surface area contributed by atoms with E-state index in [1.807, 2.05) is 30.3 Å². The number of carbonyl (C=O) groups excluding carboxylic acids is 1. The molecule has 1 atom stereocenters. The van der Waals surface area contributed by atoms with Crippen molar-refractivity contribution in [2.75, 3.05) is 0 Å². The Balaban J connectivity index is 1.94. The zero-order valence-electron chi connectivity index (χ0n) is 11.8. The number of fused-ring (bicyclic) bond motifs is 2. The van der Waals surface area contributed by atoms with Crippen LogP contribution in [-0.2, 0) is 7.05 Å². The summed E-state index contributed by atoms with van der Waals surface area (Å²) in [4.78, 5) is 23.9. The summed E-state index contributed by atoms with van der Waals surface area (Å²) >= 11 is 5.93. The van der Waals surface area contributed by atoms with Crippen molar-refractivity contribution in [2.24, 2.45) is 7.05 Å². The first-order valence-electron chi connectivity index (χ1n) is 6.97. The van der Waals surface area contributed by atoms with E-state index in [1.165, 1.54) is 4.57 Å². The second kappa shape index (κ2) is 4.58. The van der Waals surface area contributed by atoms with Crippen LogP contribution in [0.5, 0.6) is 0 Å². The second-order valence-electron chi connectivity index (χ2n) is 5.57. The van der Waals surface area contributed by atoms with Crippen LogP contribution in [-0.4, -0.2) is 10.4 Å². The van der Waals surface area contributed by atoms with Crippen molar-refractivity contribution in [2.45, 2.75) is 12.3 Å². The SMILES string of the molecule is Cn1c(=O)oc2cc3c(cc21)C(c1ccc(Cl)cc1)CC3=O. The van der Waals surface area contributed by atoms with Gasteiger partial charge in [-0.15, -0.1) is 0 Å². The molecule has 1 aromatic heterocycles. The third-order valence-electron chi connectivity index (χ3n) is 4.30. The van der Waals surface area contributed by atoms with Crippen molar-refractivity contribution >= 4 is 28.5 Å². The molecule has 1 aliphatic rings. The van der Waals surface area contributed by atoms with Gasteiger partial charge < -0.3 is 4.42 Å². The van der Waals surface area contributed by atoms with Crippen molar-refractivity contribution in [3.63, 3.8) is 0 Å². The van der Waals surface area contributed by atoms with Gasteiger partial charge in [-0.25, -0.2) is 4.79 Å². The standard InChI is InChI=1S/C17H12ClNO3/c1-19-14-6-12-11(9-2-4-10(18)5-3-9)7-15(20)13(12)8-16(14)22-17(19)21/h2-6,8,11H,7H2,1H3. The lowest BCUT2D eigenvalue weighted by molar-refractivity contribution is 0.0991. The van der Waals surface area contributed by atoms with E-state index < -0.39 is 5.76 Å². The van der Waals surface area contributed by atoms with Gasteiger partial charge >= 0.3 is 5.76 Å². The van der Waals surface area contributed by atoms with E-state index in [-0.39, 0.29) is 11.7 Å². The predicted molar refractivity (Wildman–Crippen MR) is 83.7 cm³/mol. The van der Waals surface area contributed by atoms with Crippen molar-refractivity contribution in [3.05, 3.63) is 68.7 Å². The lowest BCUT2D eigenvalue weighted by Crippen LogP contribution is -2.08. The molecule has 0 bridgehead atoms. The molecular weight excluding hydrogens is 302 g/mol. The van der Waals surface area contributed by atoms with Crippen molar-refractivity contribution in [1.82, 2.24) is 4.57 Å². The van der Waals surface area contributed by atoms with Crippen LogP contribution in [0.15, 0.2) is 45.6 Å². The zero-order valence-corrected chi connectivity index (χ0v) is 12.6. The van der Waals surface area contributed by atoms with Gasteiger partial charge in [0.05, 0.1) is 5.52 Å². The maximum Gasteiger partial charge on any atom is 0.419 e. The Bertz CT molecular complexity index is 966. The third-order valence-corrected chi connectivity index (χ3v) is 4.55. The fraction of sp³-hybridized carbons (Fsp3) is 0.176. The molecule has 110 valence electrons. The number of rotatable bonds is 1. The number of aromatic nitrogens is 1. The molecule has 5 heteroatoms. The lowest BCUT2D eigenvalue weighted by Gasteiger charge is -2.11. The van der Waals surface area contributed by atoms with E-state index >= 15 is 0 Å². The van der Waals surface area contributed by atoms with E-state index in [4.69, 9.17) is 16.0 Å². The molecule has 0 N–H and O–H groups in total. The average molecular weight is 314 g/mol. The van der Waals surface area contributed by atoms with E-state index in [0.717, 1.165) is 11.1 Å². The molecule has 0 saturated carbocycles. The molecule has 4 nitrogen and oxygen atoms in total. The molecule has 22 heavy (non-hydrogen) atoms. The smallest absolute Gasteiger partial charge is 0.408 e. The number of benzene rings is 2. The zero-order chi connectivity index (χ0) is 15.4. The summed E-state index contributed by atoms with van der Waals surface area (Å²) in [5.41, 5.74) is 3.79. The van der Waals surface area contributed by atoms with Crippen LogP contribution in [0.25, 0.3) is 11.1 Å². The van der Waals surface area contributed by atoms with E-state index in [9.17, 15) is 9.59 Å². The van der Waals surface area contributed by atoms with Crippen LogP contribution >= 0.6 is 11.6 Å². The van der Waals surface area contributed by atoms with Crippen molar-refractivity contribution in [1.29, 1.82) is 0 Å². The largest absolute Gasteiger partial charge is 0.419 e. The summed E-state index contributed by atoms with van der Waals surface area (Å²) in [6.07, 6.45) is 0.428. The average Bonchev–Trinajstić information content (AvgIpc) is 2.97. The lowest BCUT2D eigenvalue weighted by atomic mass is 9.93. The molecule has 1 heterocycles. The molecule has 0 spiro atoms. The highest BCUT2D eigenvalue weighted by molar-refractivity contribution is 6.30. The van der Waals surface area contributed by atoms with Crippen LogP contribution in [0.1, 0.15) is 33.8 Å². The first-order chi connectivity index (χ1) is 10.5. The van der Waals surface area contributed by atoms with E-state index in [1.54, 1.807) is 13.1 Å². The van der Waals surface area contributed by atoms with E-state index in [0.29, 0.717) is 28.1 Å². The molecule has 3 aromatic rings. The number of hydrogen-bond donors (Lipinski definition) is 0. The van der Waals surface area contributed by atoms with Gasteiger partial charge in [0.1, 0.15) is 0 Å². The first kappa shape index (κ1) is 13.3. The van der Waals surface area contributed by atoms with Gasteiger partial charge in [-0.3, -0.25) is 9.36 Å². The summed E-state index contributed by atoms with van der Waals surface area (Å²) < 4.78 is 6.62. The fourth-order valence-electron chi connectivity index (χ4n) is 3.12. The summed E-state index contributed by atoms with van der Waals surface area (Å²) in [7, 11) is 1.66. The van der Waals surface area contributed by atoms with Crippen molar-refractivity contribution < 1.29 is 9.21 Å². The predicted octanol–water partition coefficient (Wildman–Crippen LogP) is 3.50. The van der Waals surface area contributed by atoms with Gasteiger partial charge in [-0.2, -0.15) is 0 Å². The second-order valence-corrected chi connectivity index (χ2v) is 6.00. The van der Waals surface area contributed by atoms with Crippen LogP contribution in [0.4, 0.5) is 0 Å². The van der Waals surface area contributed by atoms with Gasteiger partial charge in [0.15, 0.2) is 11.4 Å². The first-order valence-corrected chi connectivity index (χ1v) is 7.34. The van der Waals surface area contributed by atoms with Crippen LogP contribution in [0.3, 0.4) is 0 Å². The van der Waals surface area contributed by atoms with Gasteiger partial charge in [-0.05, 0) is 35.4 Å². The molecule has 0 aliphatic heterocycles. The number of ketones is 1. The highest BCUT2D eigenvalue weighted by atomic mass is 35.5. The van der Waals surface area contributed by atoms with Gasteiger partial charge in [0, 0.05) is 30.0 Å². The molecule has 2 aromatic carbocycles. The quantitative estimate of drug-likeness (QED) is 0.691. The molecule has 1 unspecified atom stereocenters. The van der Waals surface area contributed by atoms with Crippen LogP contribution in [0, 0.1) is 0 Å². The highest BCUT2D eigenvalue weighted by Gasteiger charge is 2.31. The molecule has 0 radical (unpaired) electrons.